The molecule has 18 heavy (non-hydrogen) atoms. The maximum atomic E-state index is 11.5. The Hall–Kier alpha value is -1.89. The van der Waals surface area contributed by atoms with Gasteiger partial charge in [0.2, 0.25) is 5.89 Å². The number of aromatic amines is 1. The Morgan fingerprint density at radius 3 is 3.00 bits per heavy atom. The number of nitrogens with one attached hydrogen (secondary N) is 1. The average Bonchev–Trinajstić information content (AvgIpc) is 2.74. The van der Waals surface area contributed by atoms with Gasteiger partial charge < -0.3 is 4.52 Å². The third kappa shape index (κ3) is 2.67. The van der Waals surface area contributed by atoms with Gasteiger partial charge in [0.25, 0.3) is 5.56 Å². The molecule has 1 N–H and O–H groups in total. The van der Waals surface area contributed by atoms with Gasteiger partial charge in [0.15, 0.2) is 5.82 Å². The fourth-order valence-corrected chi connectivity index (χ4v) is 1.59. The molecule has 0 atom stereocenters. The van der Waals surface area contributed by atoms with Crippen molar-refractivity contribution in [3.8, 4) is 0 Å². The molecule has 8 heteroatoms. The van der Waals surface area contributed by atoms with E-state index in [1.807, 2.05) is 6.92 Å². The number of H-pyrrole nitrogens is 1. The Labute approximate surface area is 106 Å². The topological polar surface area (TPSA) is 93.8 Å². The van der Waals surface area contributed by atoms with Crippen molar-refractivity contribution in [3.05, 3.63) is 43.8 Å². The first-order valence-electron chi connectivity index (χ1n) is 5.41. The van der Waals surface area contributed by atoms with Gasteiger partial charge in [-0.1, -0.05) is 23.7 Å². The molecule has 96 valence electrons. The SMILES string of the molecule is CCCc1nc(Cn2cc(Cl)c(=O)[nH]c2=O)no1. The van der Waals surface area contributed by atoms with E-state index in [9.17, 15) is 9.59 Å². The monoisotopic (exact) mass is 270 g/mol. The summed E-state index contributed by atoms with van der Waals surface area (Å²) in [6.45, 7) is 2.10. The number of aryl methyl sites for hydroxylation is 1. The zero-order valence-electron chi connectivity index (χ0n) is 9.64. The molecule has 0 unspecified atom stereocenters. The molecule has 0 fully saturated rings. The molecule has 0 spiro atoms. The second-order valence-electron chi connectivity index (χ2n) is 3.72. The number of rotatable bonds is 4. The Kier molecular flexibility index (Phi) is 3.61. The smallest absolute Gasteiger partial charge is 0.328 e. The van der Waals surface area contributed by atoms with Crippen LogP contribution < -0.4 is 11.2 Å². The first-order valence-corrected chi connectivity index (χ1v) is 5.78. The summed E-state index contributed by atoms with van der Waals surface area (Å²) in [6, 6.07) is 0. The number of aromatic nitrogens is 4. The van der Waals surface area contributed by atoms with Gasteiger partial charge in [0.1, 0.15) is 5.02 Å². The average molecular weight is 271 g/mol. The van der Waals surface area contributed by atoms with Crippen LogP contribution in [0, 0.1) is 0 Å². The van der Waals surface area contributed by atoms with Crippen molar-refractivity contribution in [2.75, 3.05) is 0 Å². The Balaban J connectivity index is 2.25. The van der Waals surface area contributed by atoms with Gasteiger partial charge in [-0.05, 0) is 6.42 Å². The molecule has 2 aromatic heterocycles. The third-order valence-electron chi connectivity index (χ3n) is 2.25. The molecule has 2 aromatic rings. The van der Waals surface area contributed by atoms with Crippen LogP contribution in [0.5, 0.6) is 0 Å². The summed E-state index contributed by atoms with van der Waals surface area (Å²) in [7, 11) is 0. The summed E-state index contributed by atoms with van der Waals surface area (Å²) in [5, 5.41) is 3.68. The van der Waals surface area contributed by atoms with E-state index in [0.717, 1.165) is 6.42 Å². The van der Waals surface area contributed by atoms with E-state index < -0.39 is 11.2 Å². The maximum absolute atomic E-state index is 11.5. The minimum atomic E-state index is -0.613. The van der Waals surface area contributed by atoms with Crippen molar-refractivity contribution in [3.63, 3.8) is 0 Å². The molecule has 7 nitrogen and oxygen atoms in total. The van der Waals surface area contributed by atoms with E-state index in [1.54, 1.807) is 0 Å². The summed E-state index contributed by atoms with van der Waals surface area (Å²) in [5.41, 5.74) is -1.18. The lowest BCUT2D eigenvalue weighted by Crippen LogP contribution is -2.30. The highest BCUT2D eigenvalue weighted by molar-refractivity contribution is 6.30. The molecule has 0 aliphatic carbocycles. The van der Waals surface area contributed by atoms with Crippen LogP contribution in [-0.4, -0.2) is 19.7 Å². The molecule has 0 bridgehead atoms. The largest absolute Gasteiger partial charge is 0.339 e. The molecule has 0 amide bonds. The van der Waals surface area contributed by atoms with Gasteiger partial charge in [-0.15, -0.1) is 0 Å². The molecule has 0 saturated carbocycles. The molecule has 0 aliphatic heterocycles. The zero-order valence-corrected chi connectivity index (χ0v) is 10.4. The molecule has 2 heterocycles. The van der Waals surface area contributed by atoms with Crippen LogP contribution in [0.2, 0.25) is 5.02 Å². The molecular formula is C10H11ClN4O3. The number of nitrogens with zero attached hydrogens (tertiary/aromatic N) is 3. The quantitative estimate of drug-likeness (QED) is 0.877. The van der Waals surface area contributed by atoms with Crippen LogP contribution in [0.4, 0.5) is 0 Å². The Morgan fingerprint density at radius 1 is 1.50 bits per heavy atom. The Bertz CT molecular complexity index is 658. The number of hydrogen-bond donors (Lipinski definition) is 1. The highest BCUT2D eigenvalue weighted by Crippen LogP contribution is 2.02. The van der Waals surface area contributed by atoms with Crippen molar-refractivity contribution >= 4 is 11.6 Å². The molecule has 0 saturated heterocycles. The van der Waals surface area contributed by atoms with Gasteiger partial charge in [-0.25, -0.2) is 4.79 Å². The van der Waals surface area contributed by atoms with Gasteiger partial charge in [-0.3, -0.25) is 14.3 Å². The van der Waals surface area contributed by atoms with E-state index in [1.165, 1.54) is 10.8 Å². The van der Waals surface area contributed by atoms with Crippen LogP contribution in [0.3, 0.4) is 0 Å². The lowest BCUT2D eigenvalue weighted by Gasteiger charge is -2.00. The zero-order chi connectivity index (χ0) is 13.1. The van der Waals surface area contributed by atoms with Crippen molar-refractivity contribution in [1.82, 2.24) is 19.7 Å². The molecule has 0 radical (unpaired) electrons. The van der Waals surface area contributed by atoms with Crippen LogP contribution >= 0.6 is 11.6 Å². The highest BCUT2D eigenvalue weighted by Gasteiger charge is 2.08. The molecule has 2 rings (SSSR count). The van der Waals surface area contributed by atoms with E-state index in [2.05, 4.69) is 15.1 Å². The summed E-state index contributed by atoms with van der Waals surface area (Å²) >= 11 is 5.64. The van der Waals surface area contributed by atoms with E-state index in [4.69, 9.17) is 16.1 Å². The van der Waals surface area contributed by atoms with Gasteiger partial charge in [0.05, 0.1) is 6.54 Å². The predicted octanol–water partition coefficient (Wildman–Crippen LogP) is 0.574. The van der Waals surface area contributed by atoms with Crippen LogP contribution in [0.1, 0.15) is 25.1 Å². The summed E-state index contributed by atoms with van der Waals surface area (Å²) < 4.78 is 6.20. The van der Waals surface area contributed by atoms with Crippen LogP contribution in [-0.2, 0) is 13.0 Å². The van der Waals surface area contributed by atoms with Crippen molar-refractivity contribution in [2.45, 2.75) is 26.3 Å². The van der Waals surface area contributed by atoms with Crippen molar-refractivity contribution < 1.29 is 4.52 Å². The van der Waals surface area contributed by atoms with Gasteiger partial charge in [0, 0.05) is 12.6 Å². The predicted molar refractivity (Wildman–Crippen MR) is 63.7 cm³/mol. The minimum absolute atomic E-state index is 0.0631. The van der Waals surface area contributed by atoms with Crippen molar-refractivity contribution in [2.24, 2.45) is 0 Å². The fraction of sp³-hybridized carbons (Fsp3) is 0.400. The summed E-state index contributed by atoms with van der Waals surface area (Å²) in [4.78, 5) is 28.8. The number of halogens is 1. The molecule has 0 aliphatic rings. The van der Waals surface area contributed by atoms with E-state index >= 15 is 0 Å². The number of hydrogen-bond acceptors (Lipinski definition) is 5. The second-order valence-corrected chi connectivity index (χ2v) is 4.13. The third-order valence-corrected chi connectivity index (χ3v) is 2.52. The van der Waals surface area contributed by atoms with Gasteiger partial charge in [-0.2, -0.15) is 4.98 Å². The van der Waals surface area contributed by atoms with Crippen LogP contribution in [0.15, 0.2) is 20.3 Å². The van der Waals surface area contributed by atoms with Crippen LogP contribution in [0.25, 0.3) is 0 Å². The Morgan fingerprint density at radius 2 is 2.28 bits per heavy atom. The van der Waals surface area contributed by atoms with Gasteiger partial charge >= 0.3 is 5.69 Å². The summed E-state index contributed by atoms with van der Waals surface area (Å²) in [6.07, 6.45) is 2.83. The first kappa shape index (κ1) is 12.6. The minimum Gasteiger partial charge on any atom is -0.339 e. The first-order chi connectivity index (χ1) is 8.60. The normalized spacial score (nSPS) is 10.8. The molecule has 0 aromatic carbocycles. The van der Waals surface area contributed by atoms with E-state index in [-0.39, 0.29) is 11.6 Å². The lowest BCUT2D eigenvalue weighted by molar-refractivity contribution is 0.370. The van der Waals surface area contributed by atoms with E-state index in [0.29, 0.717) is 18.1 Å². The maximum Gasteiger partial charge on any atom is 0.328 e. The fourth-order valence-electron chi connectivity index (χ4n) is 1.42. The lowest BCUT2D eigenvalue weighted by atomic mass is 10.3. The highest BCUT2D eigenvalue weighted by atomic mass is 35.5. The standard InChI is InChI=1S/C10H11ClN4O3/c1-2-3-8-12-7(14-18-8)5-15-4-6(11)9(16)13-10(15)17/h4H,2-3,5H2,1H3,(H,13,16,17). The molecular weight excluding hydrogens is 260 g/mol. The second kappa shape index (κ2) is 5.18. The summed E-state index contributed by atoms with van der Waals surface area (Å²) in [5.74, 6) is 0.889. The van der Waals surface area contributed by atoms with Crippen molar-refractivity contribution in [1.29, 1.82) is 0 Å².